The van der Waals surface area contributed by atoms with Gasteiger partial charge in [0.05, 0.1) is 5.52 Å². The predicted octanol–water partition coefficient (Wildman–Crippen LogP) is 0.0718. The first-order chi connectivity index (χ1) is 6.68. The lowest BCUT2D eigenvalue weighted by Crippen LogP contribution is -2.28. The largest absolute Gasteiger partial charge is 0.327 e. The molecule has 5 nitrogen and oxygen atoms in total. The Hall–Kier alpha value is -1.62. The lowest BCUT2D eigenvalue weighted by molar-refractivity contribution is 0.585. The minimum atomic E-state index is -0.156. The highest BCUT2D eigenvalue weighted by molar-refractivity contribution is 5.69. The number of pyridine rings is 1. The lowest BCUT2D eigenvalue weighted by Gasteiger charge is -2.04. The molecule has 1 atom stereocenters. The second-order valence-electron chi connectivity index (χ2n) is 3.39. The first kappa shape index (κ1) is 8.96. The van der Waals surface area contributed by atoms with Crippen LogP contribution in [0.5, 0.6) is 0 Å². The number of imidazole rings is 1. The van der Waals surface area contributed by atoms with Gasteiger partial charge in [0.2, 0.25) is 0 Å². The summed E-state index contributed by atoms with van der Waals surface area (Å²) >= 11 is 0. The highest BCUT2D eigenvalue weighted by atomic mass is 16.1. The summed E-state index contributed by atoms with van der Waals surface area (Å²) < 4.78 is 1.56. The zero-order valence-electron chi connectivity index (χ0n) is 7.90. The third kappa shape index (κ3) is 1.42. The van der Waals surface area contributed by atoms with Crippen molar-refractivity contribution in [2.24, 2.45) is 5.73 Å². The van der Waals surface area contributed by atoms with E-state index in [1.54, 1.807) is 16.8 Å². The Morgan fingerprint density at radius 2 is 2.50 bits per heavy atom. The summed E-state index contributed by atoms with van der Waals surface area (Å²) in [5, 5.41) is 0. The number of rotatable bonds is 2. The van der Waals surface area contributed by atoms with Crippen molar-refractivity contribution in [3.8, 4) is 0 Å². The molecule has 0 aromatic carbocycles. The molecule has 3 N–H and O–H groups in total. The molecule has 0 saturated heterocycles. The summed E-state index contributed by atoms with van der Waals surface area (Å²) in [5.74, 6) is 0. The second-order valence-corrected chi connectivity index (χ2v) is 3.39. The van der Waals surface area contributed by atoms with Gasteiger partial charge in [-0.15, -0.1) is 0 Å². The van der Waals surface area contributed by atoms with Crippen LogP contribution in [0.2, 0.25) is 0 Å². The van der Waals surface area contributed by atoms with Crippen LogP contribution < -0.4 is 11.4 Å². The molecule has 2 rings (SSSR count). The van der Waals surface area contributed by atoms with Crippen LogP contribution in [0, 0.1) is 0 Å². The molecule has 14 heavy (non-hydrogen) atoms. The molecule has 0 saturated carbocycles. The number of aromatic nitrogens is 3. The monoisotopic (exact) mass is 192 g/mol. The lowest BCUT2D eigenvalue weighted by atomic mass is 10.3. The van der Waals surface area contributed by atoms with Gasteiger partial charge in [0, 0.05) is 18.8 Å². The van der Waals surface area contributed by atoms with Gasteiger partial charge in [-0.1, -0.05) is 0 Å². The van der Waals surface area contributed by atoms with E-state index < -0.39 is 0 Å². The van der Waals surface area contributed by atoms with Gasteiger partial charge < -0.3 is 10.7 Å². The molecule has 2 aromatic rings. The Kier molecular flexibility index (Phi) is 2.09. The number of aromatic amines is 1. The van der Waals surface area contributed by atoms with Crippen molar-refractivity contribution >= 4 is 11.2 Å². The first-order valence-electron chi connectivity index (χ1n) is 4.47. The van der Waals surface area contributed by atoms with E-state index in [9.17, 15) is 4.79 Å². The van der Waals surface area contributed by atoms with Crippen LogP contribution in [-0.2, 0) is 6.54 Å². The van der Waals surface area contributed by atoms with Crippen molar-refractivity contribution in [1.29, 1.82) is 0 Å². The van der Waals surface area contributed by atoms with Crippen LogP contribution in [0.3, 0.4) is 0 Å². The number of nitrogens with zero attached hydrogens (tertiary/aromatic N) is 2. The van der Waals surface area contributed by atoms with E-state index in [-0.39, 0.29) is 11.7 Å². The van der Waals surface area contributed by atoms with Gasteiger partial charge >= 0.3 is 5.69 Å². The predicted molar refractivity (Wildman–Crippen MR) is 54.0 cm³/mol. The van der Waals surface area contributed by atoms with Crippen molar-refractivity contribution in [2.45, 2.75) is 19.5 Å². The average molecular weight is 192 g/mol. The molecule has 0 radical (unpaired) electrons. The van der Waals surface area contributed by atoms with E-state index in [1.165, 1.54) is 0 Å². The van der Waals surface area contributed by atoms with E-state index in [0.717, 1.165) is 5.52 Å². The van der Waals surface area contributed by atoms with Gasteiger partial charge in [-0.25, -0.2) is 9.78 Å². The van der Waals surface area contributed by atoms with Gasteiger partial charge in [-0.3, -0.25) is 4.57 Å². The van der Waals surface area contributed by atoms with Gasteiger partial charge in [0.15, 0.2) is 5.65 Å². The fourth-order valence-corrected chi connectivity index (χ4v) is 1.45. The Morgan fingerprint density at radius 1 is 1.71 bits per heavy atom. The molecule has 2 aromatic heterocycles. The number of hydrogen-bond acceptors (Lipinski definition) is 3. The number of fused-ring (bicyclic) bond motifs is 1. The zero-order chi connectivity index (χ0) is 10.1. The van der Waals surface area contributed by atoms with Gasteiger partial charge in [-0.05, 0) is 19.1 Å². The van der Waals surface area contributed by atoms with Gasteiger partial charge in [0.25, 0.3) is 0 Å². The van der Waals surface area contributed by atoms with Crippen molar-refractivity contribution in [3.05, 3.63) is 28.8 Å². The highest BCUT2D eigenvalue weighted by Gasteiger charge is 2.07. The van der Waals surface area contributed by atoms with Crippen LogP contribution in [-0.4, -0.2) is 20.6 Å². The molecule has 0 aliphatic carbocycles. The Morgan fingerprint density at radius 3 is 3.21 bits per heavy atom. The SMILES string of the molecule is CC(N)Cn1c(=O)[nH]c2cccnc21. The number of nitrogens with two attached hydrogens (primary N) is 1. The molecule has 0 amide bonds. The summed E-state index contributed by atoms with van der Waals surface area (Å²) in [6.07, 6.45) is 1.66. The molecule has 74 valence electrons. The summed E-state index contributed by atoms with van der Waals surface area (Å²) in [5.41, 5.74) is 6.90. The normalized spacial score (nSPS) is 13.3. The minimum Gasteiger partial charge on any atom is -0.326 e. The number of H-pyrrole nitrogens is 1. The maximum Gasteiger partial charge on any atom is 0.327 e. The summed E-state index contributed by atoms with van der Waals surface area (Å²) in [6, 6.07) is 3.55. The van der Waals surface area contributed by atoms with E-state index in [0.29, 0.717) is 12.2 Å². The Balaban J connectivity index is 2.62. The Labute approximate surface area is 80.6 Å². The molecule has 0 aliphatic heterocycles. The standard InChI is InChI=1S/C9H12N4O/c1-6(10)5-13-8-7(12-9(13)14)3-2-4-11-8/h2-4,6H,5,10H2,1H3,(H,12,14). The van der Waals surface area contributed by atoms with Crippen molar-refractivity contribution in [3.63, 3.8) is 0 Å². The first-order valence-corrected chi connectivity index (χ1v) is 4.47. The quantitative estimate of drug-likeness (QED) is 0.707. The van der Waals surface area contributed by atoms with Crippen molar-refractivity contribution < 1.29 is 0 Å². The van der Waals surface area contributed by atoms with E-state index >= 15 is 0 Å². The van der Waals surface area contributed by atoms with Gasteiger partial charge in [0.1, 0.15) is 0 Å². The molecule has 5 heteroatoms. The fraction of sp³-hybridized carbons (Fsp3) is 0.333. The molecular formula is C9H12N4O. The maximum atomic E-state index is 11.5. The average Bonchev–Trinajstić information content (AvgIpc) is 2.43. The second kappa shape index (κ2) is 3.26. The summed E-state index contributed by atoms with van der Waals surface area (Å²) in [4.78, 5) is 18.3. The van der Waals surface area contributed by atoms with Crippen LogP contribution in [0.25, 0.3) is 11.2 Å². The topological polar surface area (TPSA) is 76.7 Å². The molecule has 2 heterocycles. The molecule has 0 bridgehead atoms. The third-order valence-corrected chi connectivity index (χ3v) is 2.00. The van der Waals surface area contributed by atoms with Crippen LogP contribution in [0.15, 0.2) is 23.1 Å². The van der Waals surface area contributed by atoms with E-state index in [2.05, 4.69) is 9.97 Å². The fourth-order valence-electron chi connectivity index (χ4n) is 1.45. The number of hydrogen-bond donors (Lipinski definition) is 2. The summed E-state index contributed by atoms with van der Waals surface area (Å²) in [6.45, 7) is 2.34. The Bertz CT molecular complexity index is 497. The molecule has 0 spiro atoms. The highest BCUT2D eigenvalue weighted by Crippen LogP contribution is 2.05. The van der Waals surface area contributed by atoms with Crippen LogP contribution in [0.4, 0.5) is 0 Å². The smallest absolute Gasteiger partial charge is 0.326 e. The van der Waals surface area contributed by atoms with Crippen molar-refractivity contribution in [2.75, 3.05) is 0 Å². The molecule has 0 aliphatic rings. The number of nitrogens with one attached hydrogen (secondary N) is 1. The van der Waals surface area contributed by atoms with Crippen LogP contribution in [0.1, 0.15) is 6.92 Å². The molecule has 0 fully saturated rings. The third-order valence-electron chi connectivity index (χ3n) is 2.00. The van der Waals surface area contributed by atoms with Crippen LogP contribution >= 0.6 is 0 Å². The van der Waals surface area contributed by atoms with E-state index in [4.69, 9.17) is 5.73 Å². The molecule has 1 unspecified atom stereocenters. The molecular weight excluding hydrogens is 180 g/mol. The minimum absolute atomic E-state index is 0.0614. The zero-order valence-corrected chi connectivity index (χ0v) is 7.90. The van der Waals surface area contributed by atoms with Crippen molar-refractivity contribution in [1.82, 2.24) is 14.5 Å². The maximum absolute atomic E-state index is 11.5. The van der Waals surface area contributed by atoms with Gasteiger partial charge in [-0.2, -0.15) is 0 Å². The van der Waals surface area contributed by atoms with E-state index in [1.807, 2.05) is 13.0 Å². The summed E-state index contributed by atoms with van der Waals surface area (Å²) in [7, 11) is 0.